The maximum atomic E-state index is 13.1. The average molecular weight is 443 g/mol. The number of sulfonamides is 1. The fourth-order valence-electron chi connectivity index (χ4n) is 3.46. The third-order valence-electron chi connectivity index (χ3n) is 5.41. The summed E-state index contributed by atoms with van der Waals surface area (Å²) >= 11 is 0. The first-order chi connectivity index (χ1) is 14.8. The number of nitrogens with one attached hydrogen (secondary N) is 1. The molecule has 0 saturated carbocycles. The minimum absolute atomic E-state index is 0.184. The highest BCUT2D eigenvalue weighted by atomic mass is 32.2. The van der Waals surface area contributed by atoms with Crippen molar-refractivity contribution < 1.29 is 17.6 Å². The molecular formula is C22H23FN4O3S. The summed E-state index contributed by atoms with van der Waals surface area (Å²) in [5, 5.41) is 6.92. The van der Waals surface area contributed by atoms with Crippen molar-refractivity contribution in [2.24, 2.45) is 5.92 Å². The molecule has 1 aliphatic heterocycles. The van der Waals surface area contributed by atoms with E-state index in [0.717, 1.165) is 12.8 Å². The highest BCUT2D eigenvalue weighted by molar-refractivity contribution is 7.89. The maximum Gasteiger partial charge on any atom is 0.276 e. The molecule has 4 rings (SSSR count). The van der Waals surface area contributed by atoms with Crippen LogP contribution in [0.25, 0.3) is 5.69 Å². The third kappa shape index (κ3) is 4.67. The zero-order valence-corrected chi connectivity index (χ0v) is 17.8. The van der Waals surface area contributed by atoms with Crippen molar-refractivity contribution in [3.05, 3.63) is 72.3 Å². The number of nitrogens with zero attached hydrogens (tertiary/aromatic N) is 3. The van der Waals surface area contributed by atoms with E-state index in [1.54, 1.807) is 36.5 Å². The highest BCUT2D eigenvalue weighted by Crippen LogP contribution is 2.24. The van der Waals surface area contributed by atoms with Gasteiger partial charge in [-0.15, -0.1) is 0 Å². The molecule has 2 heterocycles. The SMILES string of the molecule is CC1CCN(S(=O)(=O)c2ccc(NC(=O)c3ccn(-c4ccc(F)cc4)n3)cc2)CC1. The molecule has 0 spiro atoms. The van der Waals surface area contributed by atoms with E-state index < -0.39 is 15.9 Å². The molecule has 2 aromatic carbocycles. The second kappa shape index (κ2) is 8.60. The number of hydrogen-bond donors (Lipinski definition) is 1. The molecule has 1 N–H and O–H groups in total. The van der Waals surface area contributed by atoms with Gasteiger partial charge >= 0.3 is 0 Å². The summed E-state index contributed by atoms with van der Waals surface area (Å²) in [6.07, 6.45) is 3.33. The molecule has 162 valence electrons. The van der Waals surface area contributed by atoms with E-state index >= 15 is 0 Å². The molecule has 0 atom stereocenters. The van der Waals surface area contributed by atoms with Crippen molar-refractivity contribution in [3.8, 4) is 5.69 Å². The largest absolute Gasteiger partial charge is 0.321 e. The highest BCUT2D eigenvalue weighted by Gasteiger charge is 2.28. The number of carbonyl (C=O) groups is 1. The minimum Gasteiger partial charge on any atom is -0.321 e. The molecular weight excluding hydrogens is 419 g/mol. The third-order valence-corrected chi connectivity index (χ3v) is 7.32. The van der Waals surface area contributed by atoms with E-state index in [1.165, 1.54) is 33.3 Å². The Kier molecular flexibility index (Phi) is 5.88. The topological polar surface area (TPSA) is 84.3 Å². The molecule has 0 radical (unpaired) electrons. The fourth-order valence-corrected chi connectivity index (χ4v) is 4.93. The van der Waals surface area contributed by atoms with E-state index in [9.17, 15) is 17.6 Å². The summed E-state index contributed by atoms with van der Waals surface area (Å²) in [6, 6.07) is 13.4. The van der Waals surface area contributed by atoms with Gasteiger partial charge in [-0.05, 0) is 73.4 Å². The maximum absolute atomic E-state index is 13.1. The monoisotopic (exact) mass is 442 g/mol. The first-order valence-electron chi connectivity index (χ1n) is 10.1. The van der Waals surface area contributed by atoms with Gasteiger partial charge in [0.15, 0.2) is 5.69 Å². The van der Waals surface area contributed by atoms with Crippen molar-refractivity contribution >= 4 is 21.6 Å². The lowest BCUT2D eigenvalue weighted by atomic mass is 10.0. The van der Waals surface area contributed by atoms with Crippen molar-refractivity contribution in [1.29, 1.82) is 0 Å². The van der Waals surface area contributed by atoms with Gasteiger partial charge in [-0.3, -0.25) is 4.79 Å². The van der Waals surface area contributed by atoms with Gasteiger partial charge in [0.25, 0.3) is 5.91 Å². The smallest absolute Gasteiger partial charge is 0.276 e. The zero-order chi connectivity index (χ0) is 22.0. The molecule has 1 aromatic heterocycles. The minimum atomic E-state index is -3.53. The predicted octanol–water partition coefficient (Wildman–Crippen LogP) is 3.68. The Hall–Kier alpha value is -3.04. The summed E-state index contributed by atoms with van der Waals surface area (Å²) in [5.41, 5.74) is 1.28. The Balaban J connectivity index is 1.43. The lowest BCUT2D eigenvalue weighted by Gasteiger charge is -2.29. The van der Waals surface area contributed by atoms with Gasteiger partial charge in [0.05, 0.1) is 10.6 Å². The van der Waals surface area contributed by atoms with E-state index in [2.05, 4.69) is 17.3 Å². The summed E-state index contributed by atoms with van der Waals surface area (Å²) < 4.78 is 41.7. The van der Waals surface area contributed by atoms with Crippen LogP contribution < -0.4 is 5.32 Å². The second-order valence-electron chi connectivity index (χ2n) is 7.69. The molecule has 7 nitrogen and oxygen atoms in total. The van der Waals surface area contributed by atoms with Crippen molar-refractivity contribution in [1.82, 2.24) is 14.1 Å². The van der Waals surface area contributed by atoms with Crippen LogP contribution in [-0.2, 0) is 10.0 Å². The Labute approximate surface area is 180 Å². The van der Waals surface area contributed by atoms with E-state index in [4.69, 9.17) is 0 Å². The van der Waals surface area contributed by atoms with Crippen LogP contribution in [0, 0.1) is 11.7 Å². The van der Waals surface area contributed by atoms with Crippen molar-refractivity contribution in [2.75, 3.05) is 18.4 Å². The summed E-state index contributed by atoms with van der Waals surface area (Å²) in [5.74, 6) is -0.244. The first-order valence-corrected chi connectivity index (χ1v) is 11.5. The van der Waals surface area contributed by atoms with E-state index in [0.29, 0.717) is 30.4 Å². The Morgan fingerprint density at radius 2 is 1.68 bits per heavy atom. The predicted molar refractivity (Wildman–Crippen MR) is 115 cm³/mol. The van der Waals surface area contributed by atoms with Gasteiger partial charge in [-0.25, -0.2) is 17.5 Å². The standard InChI is InChI=1S/C22H23FN4O3S/c1-16-10-13-26(14-11-16)31(29,30)20-8-4-18(5-9-20)24-22(28)21-12-15-27(25-21)19-6-2-17(23)3-7-19/h2-9,12,15-16H,10-11,13-14H2,1H3,(H,24,28). The lowest BCUT2D eigenvalue weighted by molar-refractivity contribution is 0.102. The van der Waals surface area contributed by atoms with Gasteiger partial charge in [0.1, 0.15) is 5.82 Å². The van der Waals surface area contributed by atoms with Crippen molar-refractivity contribution in [2.45, 2.75) is 24.7 Å². The number of amides is 1. The van der Waals surface area contributed by atoms with Crippen LogP contribution in [-0.4, -0.2) is 41.5 Å². The fraction of sp³-hybridized carbons (Fsp3) is 0.273. The van der Waals surface area contributed by atoms with E-state index in [1.807, 2.05) is 0 Å². The van der Waals surface area contributed by atoms with Gasteiger partial charge < -0.3 is 5.32 Å². The van der Waals surface area contributed by atoms with Gasteiger partial charge in [0.2, 0.25) is 10.0 Å². The molecule has 1 aliphatic rings. The summed E-state index contributed by atoms with van der Waals surface area (Å²) in [4.78, 5) is 12.7. The van der Waals surface area contributed by atoms with Gasteiger partial charge in [-0.1, -0.05) is 6.92 Å². The number of benzene rings is 2. The second-order valence-corrected chi connectivity index (χ2v) is 9.63. The van der Waals surface area contributed by atoms with Crippen LogP contribution in [0.4, 0.5) is 10.1 Å². The van der Waals surface area contributed by atoms with Gasteiger partial charge in [0, 0.05) is 25.0 Å². The number of anilines is 1. The Bertz CT molecular complexity index is 1170. The Morgan fingerprint density at radius 1 is 1.03 bits per heavy atom. The zero-order valence-electron chi connectivity index (χ0n) is 17.0. The van der Waals surface area contributed by atoms with Crippen LogP contribution in [0.5, 0.6) is 0 Å². The lowest BCUT2D eigenvalue weighted by Crippen LogP contribution is -2.37. The molecule has 0 unspecified atom stereocenters. The quantitative estimate of drug-likeness (QED) is 0.653. The molecule has 9 heteroatoms. The summed E-state index contributed by atoms with van der Waals surface area (Å²) in [6.45, 7) is 3.18. The molecule has 31 heavy (non-hydrogen) atoms. The molecule has 1 amide bonds. The van der Waals surface area contributed by atoms with E-state index in [-0.39, 0.29) is 16.4 Å². The number of aromatic nitrogens is 2. The molecule has 1 fully saturated rings. The molecule has 3 aromatic rings. The van der Waals surface area contributed by atoms with Crippen LogP contribution in [0.1, 0.15) is 30.3 Å². The number of carbonyl (C=O) groups excluding carboxylic acids is 1. The van der Waals surface area contributed by atoms with Crippen LogP contribution in [0.15, 0.2) is 65.7 Å². The van der Waals surface area contributed by atoms with Crippen LogP contribution >= 0.6 is 0 Å². The van der Waals surface area contributed by atoms with Crippen LogP contribution in [0.2, 0.25) is 0 Å². The number of halogens is 1. The first kappa shape index (κ1) is 21.2. The number of rotatable bonds is 5. The number of piperidine rings is 1. The Morgan fingerprint density at radius 3 is 2.32 bits per heavy atom. The molecule has 0 aliphatic carbocycles. The molecule has 1 saturated heterocycles. The van der Waals surface area contributed by atoms with Crippen LogP contribution in [0.3, 0.4) is 0 Å². The average Bonchev–Trinajstić information content (AvgIpc) is 3.25. The van der Waals surface area contributed by atoms with Crippen molar-refractivity contribution in [3.63, 3.8) is 0 Å². The summed E-state index contributed by atoms with van der Waals surface area (Å²) in [7, 11) is -3.53. The normalized spacial score (nSPS) is 15.7. The van der Waals surface area contributed by atoms with Gasteiger partial charge in [-0.2, -0.15) is 9.40 Å². The number of hydrogen-bond acceptors (Lipinski definition) is 4. The molecule has 0 bridgehead atoms.